The number of rotatable bonds is 5. The van der Waals surface area contributed by atoms with Crippen molar-refractivity contribution in [3.05, 3.63) is 71.7 Å². The number of aromatic nitrogens is 1. The first kappa shape index (κ1) is 17.9. The first-order valence-electron chi connectivity index (χ1n) is 9.37. The standard InChI is InChI=1S/C22H22N4O2/c1-17-7-9-19(10-8-17)27-16-21-24-20(15-23)22(28-21)26-13-11-25(12-14-26)18-5-3-2-4-6-18/h2-10H,11-14,16H2,1H3. The van der Waals surface area contributed by atoms with Crippen molar-refractivity contribution in [3.8, 4) is 11.8 Å². The fourth-order valence-electron chi connectivity index (χ4n) is 3.29. The summed E-state index contributed by atoms with van der Waals surface area (Å²) in [5.74, 6) is 1.70. The van der Waals surface area contributed by atoms with Crippen molar-refractivity contribution in [1.29, 1.82) is 5.26 Å². The number of benzene rings is 2. The second-order valence-corrected chi connectivity index (χ2v) is 6.78. The zero-order chi connectivity index (χ0) is 19.3. The summed E-state index contributed by atoms with van der Waals surface area (Å²) in [6.07, 6.45) is 0. The maximum absolute atomic E-state index is 9.46. The van der Waals surface area contributed by atoms with Gasteiger partial charge in [-0.3, -0.25) is 0 Å². The van der Waals surface area contributed by atoms with Gasteiger partial charge in [-0.25, -0.2) is 0 Å². The van der Waals surface area contributed by atoms with Crippen molar-refractivity contribution in [2.75, 3.05) is 36.0 Å². The molecule has 3 aromatic rings. The van der Waals surface area contributed by atoms with Crippen molar-refractivity contribution < 1.29 is 9.15 Å². The van der Waals surface area contributed by atoms with Gasteiger partial charge in [0.2, 0.25) is 17.5 Å². The Balaban J connectivity index is 1.41. The molecular weight excluding hydrogens is 352 g/mol. The highest BCUT2D eigenvalue weighted by atomic mass is 16.5. The molecule has 1 fully saturated rings. The molecule has 0 aliphatic carbocycles. The topological polar surface area (TPSA) is 65.5 Å². The van der Waals surface area contributed by atoms with Crippen LogP contribution in [0.3, 0.4) is 0 Å². The third kappa shape index (κ3) is 3.94. The number of oxazole rings is 1. The minimum absolute atomic E-state index is 0.196. The molecule has 4 rings (SSSR count). The van der Waals surface area contributed by atoms with E-state index in [-0.39, 0.29) is 6.61 Å². The molecule has 0 spiro atoms. The summed E-state index contributed by atoms with van der Waals surface area (Å²) in [5, 5.41) is 9.46. The molecule has 0 amide bonds. The fourth-order valence-corrected chi connectivity index (χ4v) is 3.29. The summed E-state index contributed by atoms with van der Waals surface area (Å²) < 4.78 is 11.6. The number of nitrogens with zero attached hydrogens (tertiary/aromatic N) is 4. The molecule has 2 aromatic carbocycles. The number of anilines is 2. The molecule has 2 heterocycles. The smallest absolute Gasteiger partial charge is 0.236 e. The second kappa shape index (κ2) is 8.05. The molecule has 6 nitrogen and oxygen atoms in total. The number of ether oxygens (including phenoxy) is 1. The van der Waals surface area contributed by atoms with Gasteiger partial charge in [0.25, 0.3) is 0 Å². The summed E-state index contributed by atoms with van der Waals surface area (Å²) in [6.45, 7) is 5.51. The van der Waals surface area contributed by atoms with E-state index >= 15 is 0 Å². The van der Waals surface area contributed by atoms with Crippen LogP contribution in [0.25, 0.3) is 0 Å². The van der Waals surface area contributed by atoms with Gasteiger partial charge in [-0.2, -0.15) is 10.2 Å². The maximum atomic E-state index is 9.46. The van der Waals surface area contributed by atoms with Crippen molar-refractivity contribution in [1.82, 2.24) is 4.98 Å². The fraction of sp³-hybridized carbons (Fsp3) is 0.273. The van der Waals surface area contributed by atoms with Gasteiger partial charge in [0.15, 0.2) is 6.61 Å². The van der Waals surface area contributed by atoms with Crippen LogP contribution >= 0.6 is 0 Å². The number of aryl methyl sites for hydroxylation is 1. The van der Waals surface area contributed by atoms with E-state index in [0.717, 1.165) is 31.9 Å². The molecule has 0 N–H and O–H groups in total. The molecule has 1 aliphatic rings. The van der Waals surface area contributed by atoms with Crippen LogP contribution in [0.2, 0.25) is 0 Å². The highest BCUT2D eigenvalue weighted by molar-refractivity contribution is 5.52. The van der Waals surface area contributed by atoms with Crippen LogP contribution < -0.4 is 14.5 Å². The van der Waals surface area contributed by atoms with Crippen LogP contribution in [0.15, 0.2) is 59.0 Å². The number of piperazine rings is 1. The van der Waals surface area contributed by atoms with Gasteiger partial charge in [0, 0.05) is 31.9 Å². The molecule has 142 valence electrons. The van der Waals surface area contributed by atoms with Gasteiger partial charge in [0.05, 0.1) is 0 Å². The van der Waals surface area contributed by atoms with Crippen molar-refractivity contribution in [2.45, 2.75) is 13.5 Å². The third-order valence-electron chi connectivity index (χ3n) is 4.83. The Morgan fingerprint density at radius 2 is 1.68 bits per heavy atom. The first-order valence-corrected chi connectivity index (χ1v) is 9.37. The monoisotopic (exact) mass is 374 g/mol. The Bertz CT molecular complexity index is 952. The molecular formula is C22H22N4O2. The van der Waals surface area contributed by atoms with Crippen molar-refractivity contribution in [2.24, 2.45) is 0 Å². The molecule has 0 atom stereocenters. The van der Waals surface area contributed by atoms with E-state index in [1.165, 1.54) is 11.3 Å². The first-order chi connectivity index (χ1) is 13.7. The predicted molar refractivity (Wildman–Crippen MR) is 108 cm³/mol. The number of hydrogen-bond donors (Lipinski definition) is 0. The van der Waals surface area contributed by atoms with E-state index in [1.54, 1.807) is 0 Å². The zero-order valence-corrected chi connectivity index (χ0v) is 15.8. The Hall–Kier alpha value is -3.46. The highest BCUT2D eigenvalue weighted by Gasteiger charge is 2.24. The largest absolute Gasteiger partial charge is 0.484 e. The minimum Gasteiger partial charge on any atom is -0.484 e. The van der Waals surface area contributed by atoms with Crippen molar-refractivity contribution in [3.63, 3.8) is 0 Å². The summed E-state index contributed by atoms with van der Waals surface area (Å²) in [7, 11) is 0. The van der Waals surface area contributed by atoms with Gasteiger partial charge in [-0.05, 0) is 31.2 Å². The van der Waals surface area contributed by atoms with E-state index in [4.69, 9.17) is 9.15 Å². The maximum Gasteiger partial charge on any atom is 0.236 e. The van der Waals surface area contributed by atoms with E-state index in [2.05, 4.69) is 33.0 Å². The summed E-state index contributed by atoms with van der Waals surface area (Å²) >= 11 is 0. The summed E-state index contributed by atoms with van der Waals surface area (Å²) in [6, 6.07) is 20.3. The lowest BCUT2D eigenvalue weighted by molar-refractivity contribution is 0.263. The predicted octanol–water partition coefficient (Wildman–Crippen LogP) is 3.76. The highest BCUT2D eigenvalue weighted by Crippen LogP contribution is 2.25. The molecule has 1 aliphatic heterocycles. The quantitative estimate of drug-likeness (QED) is 0.677. The number of hydrogen-bond acceptors (Lipinski definition) is 6. The Kier molecular flexibility index (Phi) is 5.16. The molecule has 0 saturated carbocycles. The molecule has 0 radical (unpaired) electrons. The van der Waals surface area contributed by atoms with E-state index in [9.17, 15) is 5.26 Å². The van der Waals surface area contributed by atoms with E-state index in [0.29, 0.717) is 17.5 Å². The van der Waals surface area contributed by atoms with E-state index < -0.39 is 0 Å². The van der Waals surface area contributed by atoms with Crippen LogP contribution in [0.4, 0.5) is 11.6 Å². The Morgan fingerprint density at radius 3 is 2.36 bits per heavy atom. The van der Waals surface area contributed by atoms with Crippen molar-refractivity contribution >= 4 is 11.6 Å². The van der Waals surface area contributed by atoms with Gasteiger partial charge in [-0.15, -0.1) is 0 Å². The molecule has 6 heteroatoms. The third-order valence-corrected chi connectivity index (χ3v) is 4.83. The summed E-state index contributed by atoms with van der Waals surface area (Å²) in [5.41, 5.74) is 2.70. The van der Waals surface area contributed by atoms with Crippen LogP contribution in [0.5, 0.6) is 5.75 Å². The Labute approximate surface area is 164 Å². The van der Waals surface area contributed by atoms with Gasteiger partial charge in [0.1, 0.15) is 11.8 Å². The normalized spacial score (nSPS) is 14.0. The van der Waals surface area contributed by atoms with E-state index in [1.807, 2.05) is 49.4 Å². The van der Waals surface area contributed by atoms with Crippen LogP contribution in [-0.4, -0.2) is 31.2 Å². The lowest BCUT2D eigenvalue weighted by atomic mass is 10.2. The lowest BCUT2D eigenvalue weighted by Gasteiger charge is -2.35. The number of para-hydroxylation sites is 1. The minimum atomic E-state index is 0.196. The van der Waals surface area contributed by atoms with Crippen LogP contribution in [-0.2, 0) is 6.61 Å². The van der Waals surface area contributed by atoms with Crippen LogP contribution in [0, 0.1) is 18.3 Å². The average molecular weight is 374 g/mol. The number of nitriles is 1. The van der Waals surface area contributed by atoms with Gasteiger partial charge >= 0.3 is 0 Å². The molecule has 1 aromatic heterocycles. The average Bonchev–Trinajstić information content (AvgIpc) is 3.17. The molecule has 0 bridgehead atoms. The van der Waals surface area contributed by atoms with Gasteiger partial charge in [-0.1, -0.05) is 35.9 Å². The molecule has 28 heavy (non-hydrogen) atoms. The second-order valence-electron chi connectivity index (χ2n) is 6.78. The van der Waals surface area contributed by atoms with Gasteiger partial charge < -0.3 is 19.0 Å². The van der Waals surface area contributed by atoms with Crippen LogP contribution in [0.1, 0.15) is 17.1 Å². The molecule has 0 unspecified atom stereocenters. The Morgan fingerprint density at radius 1 is 1.00 bits per heavy atom. The summed E-state index contributed by atoms with van der Waals surface area (Å²) in [4.78, 5) is 8.72. The lowest BCUT2D eigenvalue weighted by Crippen LogP contribution is -2.46. The zero-order valence-electron chi connectivity index (χ0n) is 15.8. The SMILES string of the molecule is Cc1ccc(OCc2nc(C#N)c(N3CCN(c4ccccc4)CC3)o2)cc1. The molecule has 1 saturated heterocycles.